The van der Waals surface area contributed by atoms with Crippen LogP contribution in [0.4, 0.5) is 0 Å². The predicted molar refractivity (Wildman–Crippen MR) is 13.6 cm³/mol. The van der Waals surface area contributed by atoms with Crippen LogP contribution in [0.5, 0.6) is 0 Å². The average molecular weight is 682 g/mol. The summed E-state index contributed by atoms with van der Waals surface area (Å²) in [4.78, 5) is 0. The predicted octanol–water partition coefficient (Wildman–Crippen LogP) is -1.12. The quantitative estimate of drug-likeness (QED) is 0.291. The van der Waals surface area contributed by atoms with Crippen molar-refractivity contribution in [3.8, 4) is 0 Å². The van der Waals surface area contributed by atoms with Crippen LogP contribution in [0.15, 0.2) is 0 Å². The normalized spacial score (nSPS) is 0. The first-order valence-corrected chi connectivity index (χ1v) is 0. The van der Waals surface area contributed by atoms with Gasteiger partial charge in [-0.3, -0.25) is 0 Å². The molecule has 0 aromatic carbocycles. The van der Waals surface area contributed by atoms with Gasteiger partial charge >= 0.3 is 52.4 Å². The fourth-order valence-corrected chi connectivity index (χ4v) is 0. The summed E-state index contributed by atoms with van der Waals surface area (Å²) in [7, 11) is 0. The van der Waals surface area contributed by atoms with Crippen LogP contribution in [0.2, 0.25) is 0 Å². The minimum atomic E-state index is 0. The molecule has 0 aromatic rings. The molecular weight excluding hydrogens is 682 g/mol. The van der Waals surface area contributed by atoms with Gasteiger partial charge in [-0.05, 0) is 0 Å². The van der Waals surface area contributed by atoms with Crippen LogP contribution < -0.4 is 0 Å². The fraction of sp³-hybridized carbons (Fsp3) is 0. The van der Waals surface area contributed by atoms with Gasteiger partial charge in [0, 0.05) is 44.8 Å². The zero-order valence-electron chi connectivity index (χ0n) is 2.72. The Labute approximate surface area is 112 Å². The summed E-state index contributed by atoms with van der Waals surface area (Å²) in [5, 5.41) is 0. The fourth-order valence-electron chi connectivity index (χ4n) is 0. The Kier molecular flexibility index (Phi) is 760. The Balaban J connectivity index is 0. The van der Waals surface area contributed by atoms with E-state index in [1.54, 1.807) is 0 Å². The molecule has 0 N–H and O–H groups in total. The first kappa shape index (κ1) is 86.3. The molecule has 0 saturated heterocycles. The Morgan fingerprint density at radius 1 is 0.429 bits per heavy atom. The van der Waals surface area contributed by atoms with Gasteiger partial charge in [0.15, 0.2) is 0 Å². The van der Waals surface area contributed by atoms with Gasteiger partial charge in [0.2, 0.25) is 0 Å². The SMILES string of the molecule is [Ag].[Ag].[Bi+3].[Bi+3].[O-2].[O-2].[O-2]. The molecule has 0 atom stereocenters. The summed E-state index contributed by atoms with van der Waals surface area (Å²) >= 11 is 0. The van der Waals surface area contributed by atoms with Crippen molar-refractivity contribution in [1.29, 1.82) is 0 Å². The van der Waals surface area contributed by atoms with Gasteiger partial charge in [0.05, 0.1) is 0 Å². The zero-order valence-corrected chi connectivity index (χ0v) is 12.6. The van der Waals surface area contributed by atoms with Crippen molar-refractivity contribution in [3.63, 3.8) is 0 Å². The maximum Gasteiger partial charge on any atom is 3.00 e. The third kappa shape index (κ3) is 47.4. The van der Waals surface area contributed by atoms with Crippen molar-refractivity contribution in [3.05, 3.63) is 0 Å². The molecule has 0 aliphatic rings. The van der Waals surface area contributed by atoms with E-state index in [9.17, 15) is 0 Å². The van der Waals surface area contributed by atoms with Crippen molar-refractivity contribution in [2.75, 3.05) is 0 Å². The van der Waals surface area contributed by atoms with Crippen molar-refractivity contribution < 1.29 is 61.2 Å². The monoisotopic (exact) mass is 680 g/mol. The summed E-state index contributed by atoms with van der Waals surface area (Å²) in [5.41, 5.74) is 0. The third-order valence-corrected chi connectivity index (χ3v) is 0. The van der Waals surface area contributed by atoms with E-state index < -0.39 is 0 Å². The van der Waals surface area contributed by atoms with Crippen molar-refractivity contribution in [1.82, 2.24) is 0 Å². The molecule has 3 nitrogen and oxygen atoms in total. The Morgan fingerprint density at radius 3 is 0.429 bits per heavy atom. The van der Waals surface area contributed by atoms with E-state index in [4.69, 9.17) is 0 Å². The van der Waals surface area contributed by atoms with E-state index in [0.29, 0.717) is 0 Å². The molecule has 6 radical (unpaired) electrons. The first-order valence-electron chi connectivity index (χ1n) is 0. The van der Waals surface area contributed by atoms with E-state index in [0.717, 1.165) is 0 Å². The van der Waals surface area contributed by atoms with E-state index in [1.807, 2.05) is 0 Å². The number of hydrogen-bond donors (Lipinski definition) is 0. The minimum Gasteiger partial charge on any atom is -2.00 e. The molecule has 0 spiro atoms. The van der Waals surface area contributed by atoms with Crippen LogP contribution in [-0.4, -0.2) is 52.4 Å². The summed E-state index contributed by atoms with van der Waals surface area (Å²) in [6.07, 6.45) is 0. The second-order valence-electron chi connectivity index (χ2n) is 0. The maximum atomic E-state index is 0. The zero-order chi connectivity index (χ0) is 0. The topological polar surface area (TPSA) is 85.5 Å². The molecule has 0 aliphatic heterocycles. The molecular formula is Ag2Bi2O3. The second kappa shape index (κ2) is 61.7. The third-order valence-electron chi connectivity index (χ3n) is 0. The molecule has 0 amide bonds. The molecule has 0 unspecified atom stereocenters. The molecule has 7 heteroatoms. The minimum absolute atomic E-state index is 0. The van der Waals surface area contributed by atoms with Gasteiger partial charge in [0.1, 0.15) is 0 Å². The molecule has 0 fully saturated rings. The Morgan fingerprint density at radius 2 is 0.429 bits per heavy atom. The maximum absolute atomic E-state index is 0. The number of hydrogen-bond acceptors (Lipinski definition) is 0. The van der Waals surface area contributed by atoms with Crippen molar-refractivity contribution >= 4 is 52.4 Å². The summed E-state index contributed by atoms with van der Waals surface area (Å²) in [6.45, 7) is 0. The largest absolute Gasteiger partial charge is 3.00 e. The second-order valence-corrected chi connectivity index (χ2v) is 0. The van der Waals surface area contributed by atoms with Crippen molar-refractivity contribution in [2.45, 2.75) is 0 Å². The van der Waals surface area contributed by atoms with Crippen molar-refractivity contribution in [2.24, 2.45) is 0 Å². The van der Waals surface area contributed by atoms with Gasteiger partial charge in [-0.2, -0.15) is 0 Å². The molecule has 0 bridgehead atoms. The van der Waals surface area contributed by atoms with E-state index in [-0.39, 0.29) is 114 Å². The summed E-state index contributed by atoms with van der Waals surface area (Å²) < 4.78 is 0. The molecule has 0 heterocycles. The molecule has 7 heavy (non-hydrogen) atoms. The molecule has 0 rings (SSSR count). The van der Waals surface area contributed by atoms with Crippen LogP contribution in [0, 0.1) is 0 Å². The van der Waals surface area contributed by atoms with Gasteiger partial charge in [-0.15, -0.1) is 0 Å². The first-order chi connectivity index (χ1) is 0. The van der Waals surface area contributed by atoms with Gasteiger partial charge in [-0.1, -0.05) is 0 Å². The molecule has 50 valence electrons. The summed E-state index contributed by atoms with van der Waals surface area (Å²) in [6, 6.07) is 0. The molecule has 0 aliphatic carbocycles. The van der Waals surface area contributed by atoms with Gasteiger partial charge in [0.25, 0.3) is 0 Å². The van der Waals surface area contributed by atoms with E-state index in [2.05, 4.69) is 0 Å². The van der Waals surface area contributed by atoms with Crippen LogP contribution in [0.3, 0.4) is 0 Å². The standard InChI is InChI=1S/2Ag.2Bi.3O/q;;2*+3;3*-2. The van der Waals surface area contributed by atoms with E-state index in [1.165, 1.54) is 0 Å². The van der Waals surface area contributed by atoms with Crippen LogP contribution in [0.25, 0.3) is 0 Å². The summed E-state index contributed by atoms with van der Waals surface area (Å²) in [5.74, 6) is 0. The molecule has 0 aromatic heterocycles. The van der Waals surface area contributed by atoms with Gasteiger partial charge in [-0.25, -0.2) is 0 Å². The number of rotatable bonds is 0. The average Bonchev–Trinajstić information content (AvgIpc) is 0. The van der Waals surface area contributed by atoms with Gasteiger partial charge < -0.3 is 16.4 Å². The Hall–Kier alpha value is 3.13. The van der Waals surface area contributed by atoms with Crippen LogP contribution in [-0.2, 0) is 61.2 Å². The smallest absolute Gasteiger partial charge is 2.00 e. The van der Waals surface area contributed by atoms with Crippen LogP contribution >= 0.6 is 0 Å². The Bertz CT molecular complexity index is 10.9. The van der Waals surface area contributed by atoms with Crippen LogP contribution in [0.1, 0.15) is 0 Å². The van der Waals surface area contributed by atoms with E-state index >= 15 is 0 Å². The molecule has 0 saturated carbocycles.